The molecule has 34 heavy (non-hydrogen) atoms. The van der Waals surface area contributed by atoms with Crippen molar-refractivity contribution in [2.45, 2.75) is 143 Å². The number of phenolic OH excluding ortho intramolecular Hbond substituents is 1. The Hall–Kier alpha value is -1.22. The maximum Gasteiger partial charge on any atom is 0.160 e. The number of methoxy groups -OCH3 is 1. The lowest BCUT2D eigenvalue weighted by molar-refractivity contribution is 0.204. The first-order valence-electron chi connectivity index (χ1n) is 14.6. The molecule has 2 N–H and O–H groups in total. The minimum absolute atomic E-state index is 0.290. The van der Waals surface area contributed by atoms with E-state index in [0.29, 0.717) is 24.0 Å². The van der Waals surface area contributed by atoms with E-state index < -0.39 is 0 Å². The number of hydrogen-bond donors (Lipinski definition) is 2. The normalized spacial score (nSPS) is 11.7. The van der Waals surface area contributed by atoms with Gasteiger partial charge in [-0.15, -0.1) is 0 Å². The molecule has 1 aromatic carbocycles. The molecule has 1 rings (SSSR count). The lowest BCUT2D eigenvalue weighted by Gasteiger charge is -2.13. The summed E-state index contributed by atoms with van der Waals surface area (Å²) in [6, 6.07) is 5.61. The van der Waals surface area contributed by atoms with Gasteiger partial charge in [0.15, 0.2) is 11.5 Å². The second kappa shape index (κ2) is 24.9. The summed E-state index contributed by atoms with van der Waals surface area (Å²) >= 11 is 0. The molecular formula is C31H58O3. The number of unbranched alkanes of at least 4 members (excludes halogenated alkanes) is 13. The highest BCUT2D eigenvalue weighted by Crippen LogP contribution is 2.30. The molecule has 0 fully saturated rings. The molecule has 0 aliphatic rings. The molecule has 0 aliphatic carbocycles. The van der Waals surface area contributed by atoms with Crippen LogP contribution in [-0.2, 0) is 6.42 Å². The van der Waals surface area contributed by atoms with Crippen molar-refractivity contribution < 1.29 is 14.9 Å². The van der Waals surface area contributed by atoms with Crippen LogP contribution in [0, 0.1) is 5.92 Å². The average molecular weight is 479 g/mol. The number of rotatable bonds is 21. The van der Waals surface area contributed by atoms with E-state index in [0.717, 1.165) is 24.8 Å². The number of benzene rings is 1. The summed E-state index contributed by atoms with van der Waals surface area (Å²) in [6.45, 7) is 7.09. The third-order valence-corrected chi connectivity index (χ3v) is 6.79. The summed E-state index contributed by atoms with van der Waals surface area (Å²) in [7, 11) is 1.57. The molecule has 1 aromatic rings. The second-order valence-electron chi connectivity index (χ2n) is 9.94. The molecular weight excluding hydrogens is 420 g/mol. The molecule has 0 radical (unpaired) electrons. The van der Waals surface area contributed by atoms with Crippen LogP contribution in [0.25, 0.3) is 0 Å². The number of aryl methyl sites for hydroxylation is 1. The second-order valence-corrected chi connectivity index (χ2v) is 9.94. The van der Waals surface area contributed by atoms with Gasteiger partial charge in [0.05, 0.1) is 7.11 Å². The summed E-state index contributed by atoms with van der Waals surface area (Å²) in [5.41, 5.74) is 0.973. The lowest BCUT2D eigenvalue weighted by Crippen LogP contribution is -2.06. The van der Waals surface area contributed by atoms with Crippen molar-refractivity contribution in [2.24, 2.45) is 5.92 Å². The van der Waals surface area contributed by atoms with Gasteiger partial charge in [-0.05, 0) is 43.2 Å². The number of aromatic hydroxyl groups is 1. The Morgan fingerprint density at radius 1 is 0.676 bits per heavy atom. The molecule has 0 aliphatic heterocycles. The number of hydrogen-bond acceptors (Lipinski definition) is 3. The summed E-state index contributed by atoms with van der Waals surface area (Å²) < 4.78 is 5.02. The molecule has 0 saturated carbocycles. The Morgan fingerprint density at radius 3 is 1.59 bits per heavy atom. The quantitative estimate of drug-likeness (QED) is 0.173. The van der Waals surface area contributed by atoms with Gasteiger partial charge in [0.2, 0.25) is 0 Å². The zero-order valence-corrected chi connectivity index (χ0v) is 23.3. The van der Waals surface area contributed by atoms with Crippen LogP contribution in [0.4, 0.5) is 0 Å². The first kappa shape index (κ1) is 32.8. The van der Waals surface area contributed by atoms with E-state index in [2.05, 4.69) is 20.8 Å². The topological polar surface area (TPSA) is 49.7 Å². The van der Waals surface area contributed by atoms with Crippen LogP contribution < -0.4 is 4.74 Å². The van der Waals surface area contributed by atoms with Crippen molar-refractivity contribution in [1.82, 2.24) is 0 Å². The van der Waals surface area contributed by atoms with Gasteiger partial charge in [-0.25, -0.2) is 0 Å². The van der Waals surface area contributed by atoms with Gasteiger partial charge in [0, 0.05) is 6.61 Å². The molecule has 0 heterocycles. The van der Waals surface area contributed by atoms with E-state index in [-0.39, 0.29) is 0 Å². The molecule has 0 amide bonds. The molecule has 1 unspecified atom stereocenters. The Morgan fingerprint density at radius 2 is 1.15 bits per heavy atom. The smallest absolute Gasteiger partial charge is 0.160 e. The first-order chi connectivity index (χ1) is 16.6. The number of para-hydroxylation sites is 1. The fourth-order valence-corrected chi connectivity index (χ4v) is 4.41. The van der Waals surface area contributed by atoms with Crippen LogP contribution in [0.5, 0.6) is 11.5 Å². The van der Waals surface area contributed by atoms with Gasteiger partial charge in [-0.2, -0.15) is 0 Å². The summed E-state index contributed by atoms with van der Waals surface area (Å²) in [6.07, 6.45) is 25.0. The third kappa shape index (κ3) is 18.2. The third-order valence-electron chi connectivity index (χ3n) is 6.79. The van der Waals surface area contributed by atoms with E-state index in [1.54, 1.807) is 13.2 Å². The van der Waals surface area contributed by atoms with E-state index >= 15 is 0 Å². The van der Waals surface area contributed by atoms with Crippen LogP contribution in [0.2, 0.25) is 0 Å². The van der Waals surface area contributed by atoms with Crippen molar-refractivity contribution in [2.75, 3.05) is 13.7 Å². The largest absolute Gasteiger partial charge is 0.504 e. The van der Waals surface area contributed by atoms with E-state index in [1.807, 2.05) is 12.1 Å². The van der Waals surface area contributed by atoms with Crippen molar-refractivity contribution in [3.8, 4) is 11.5 Å². The minimum Gasteiger partial charge on any atom is -0.504 e. The molecule has 0 bridgehead atoms. The molecule has 3 heteroatoms. The van der Waals surface area contributed by atoms with Crippen LogP contribution in [0.1, 0.15) is 142 Å². The van der Waals surface area contributed by atoms with E-state index in [9.17, 15) is 10.2 Å². The van der Waals surface area contributed by atoms with E-state index in [4.69, 9.17) is 4.74 Å². The highest BCUT2D eigenvalue weighted by atomic mass is 16.5. The summed E-state index contributed by atoms with van der Waals surface area (Å²) in [5.74, 6) is 1.43. The molecule has 200 valence electrons. The minimum atomic E-state index is 0.290. The van der Waals surface area contributed by atoms with Crippen LogP contribution >= 0.6 is 0 Å². The number of aliphatic hydroxyl groups excluding tert-OH is 1. The Balaban J connectivity index is 0.000000712. The zero-order chi connectivity index (χ0) is 25.3. The van der Waals surface area contributed by atoms with Crippen LogP contribution in [-0.4, -0.2) is 23.9 Å². The Kier molecular flexibility index (Phi) is 24.0. The first-order valence-corrected chi connectivity index (χ1v) is 14.6. The Bertz CT molecular complexity index is 543. The molecule has 0 aromatic heterocycles. The van der Waals surface area contributed by atoms with Crippen molar-refractivity contribution in [1.29, 1.82) is 0 Å². The van der Waals surface area contributed by atoms with Crippen molar-refractivity contribution in [3.63, 3.8) is 0 Å². The van der Waals surface area contributed by atoms with Gasteiger partial charge in [-0.1, -0.05) is 129 Å². The fraction of sp³-hybridized carbons (Fsp3) is 0.806. The SMILES string of the molecule is CCCCCCCCCCC(CO)CCCCCCCC.CCCCc1cccc(OC)c1O. The number of aliphatic hydroxyl groups is 1. The van der Waals surface area contributed by atoms with Crippen molar-refractivity contribution in [3.05, 3.63) is 23.8 Å². The van der Waals surface area contributed by atoms with E-state index in [1.165, 1.54) is 103 Å². The average Bonchev–Trinajstić information content (AvgIpc) is 2.86. The monoisotopic (exact) mass is 478 g/mol. The molecule has 1 atom stereocenters. The van der Waals surface area contributed by atoms with Gasteiger partial charge < -0.3 is 14.9 Å². The fourth-order valence-electron chi connectivity index (χ4n) is 4.41. The lowest BCUT2D eigenvalue weighted by atomic mass is 9.95. The van der Waals surface area contributed by atoms with Gasteiger partial charge in [0.25, 0.3) is 0 Å². The number of phenols is 1. The standard InChI is InChI=1S/C20H42O.C11H16O2/c1-3-5-7-9-11-12-14-16-18-20(19-21)17-15-13-10-8-6-4-2;1-3-4-6-9-7-5-8-10(13-2)11(9)12/h20-21H,3-19H2,1-2H3;5,7-8,12H,3-4,6H2,1-2H3. The summed E-state index contributed by atoms with van der Waals surface area (Å²) in [5, 5.41) is 19.2. The highest BCUT2D eigenvalue weighted by molar-refractivity contribution is 5.45. The maximum absolute atomic E-state index is 9.69. The zero-order valence-electron chi connectivity index (χ0n) is 23.3. The van der Waals surface area contributed by atoms with Gasteiger partial charge >= 0.3 is 0 Å². The highest BCUT2D eigenvalue weighted by Gasteiger charge is 2.07. The maximum atomic E-state index is 9.69. The molecule has 0 saturated heterocycles. The van der Waals surface area contributed by atoms with Crippen LogP contribution in [0.15, 0.2) is 18.2 Å². The van der Waals surface area contributed by atoms with Gasteiger partial charge in [0.1, 0.15) is 0 Å². The number of ether oxygens (including phenoxy) is 1. The van der Waals surface area contributed by atoms with Crippen LogP contribution in [0.3, 0.4) is 0 Å². The molecule has 3 nitrogen and oxygen atoms in total. The predicted octanol–water partition coefficient (Wildman–Crippen LogP) is 9.62. The Labute approximate surface area is 212 Å². The van der Waals surface area contributed by atoms with Crippen molar-refractivity contribution >= 4 is 0 Å². The summed E-state index contributed by atoms with van der Waals surface area (Å²) in [4.78, 5) is 0. The molecule has 0 spiro atoms. The van der Waals surface area contributed by atoms with Gasteiger partial charge in [-0.3, -0.25) is 0 Å². The predicted molar refractivity (Wildman–Crippen MR) is 149 cm³/mol.